The quantitative estimate of drug-likeness (QED) is 0.783. The fraction of sp³-hybridized carbons (Fsp3) is 0.200. The third kappa shape index (κ3) is 3.70. The normalized spacial score (nSPS) is 12.5. The summed E-state index contributed by atoms with van der Waals surface area (Å²) in [6.45, 7) is 0. The van der Waals surface area contributed by atoms with Crippen LogP contribution in [0.4, 0.5) is 13.2 Å². The average Bonchev–Trinajstić information content (AvgIpc) is 2.45. The van der Waals surface area contributed by atoms with Crippen LogP contribution < -0.4 is 5.32 Å². The Morgan fingerprint density at radius 1 is 1.05 bits per heavy atom. The number of nitrogens with one attached hydrogen (secondary N) is 1. The highest BCUT2D eigenvalue weighted by Crippen LogP contribution is 2.27. The van der Waals surface area contributed by atoms with Gasteiger partial charge in [0.2, 0.25) is 0 Å². The molecule has 0 spiro atoms. The number of likely N-dealkylation sites (N-methyl/N-ethyl adjacent to an activating group) is 1. The highest BCUT2D eigenvalue weighted by Gasteiger charge is 2.17. The molecule has 1 nitrogen and oxygen atoms in total. The van der Waals surface area contributed by atoms with Gasteiger partial charge < -0.3 is 5.32 Å². The van der Waals surface area contributed by atoms with Gasteiger partial charge >= 0.3 is 0 Å². The van der Waals surface area contributed by atoms with Crippen LogP contribution in [0.2, 0.25) is 10.0 Å². The van der Waals surface area contributed by atoms with Gasteiger partial charge in [-0.05, 0) is 54.9 Å². The van der Waals surface area contributed by atoms with Crippen molar-refractivity contribution in [3.05, 3.63) is 69.0 Å². The largest absolute Gasteiger partial charge is 0.313 e. The summed E-state index contributed by atoms with van der Waals surface area (Å²) in [5.41, 5.74) is 1.03. The number of benzene rings is 2. The topological polar surface area (TPSA) is 12.0 Å². The van der Waals surface area contributed by atoms with Crippen molar-refractivity contribution in [2.24, 2.45) is 0 Å². The van der Waals surface area contributed by atoms with Crippen LogP contribution in [-0.4, -0.2) is 7.05 Å². The average molecular weight is 334 g/mol. The second kappa shape index (κ2) is 6.69. The second-order valence-corrected chi connectivity index (χ2v) is 5.42. The zero-order chi connectivity index (χ0) is 15.6. The Balaban J connectivity index is 2.34. The first-order valence-corrected chi connectivity index (χ1v) is 6.93. The van der Waals surface area contributed by atoms with Gasteiger partial charge in [0.1, 0.15) is 0 Å². The van der Waals surface area contributed by atoms with Gasteiger partial charge in [-0.3, -0.25) is 0 Å². The van der Waals surface area contributed by atoms with Crippen molar-refractivity contribution in [1.82, 2.24) is 5.32 Å². The minimum Gasteiger partial charge on any atom is -0.313 e. The lowest BCUT2D eigenvalue weighted by atomic mass is 9.98. The zero-order valence-electron chi connectivity index (χ0n) is 11.1. The number of hydrogen-bond donors (Lipinski definition) is 1. The molecule has 0 fully saturated rings. The fourth-order valence-corrected chi connectivity index (χ4v) is 2.47. The maximum atomic E-state index is 13.3. The van der Waals surface area contributed by atoms with E-state index in [1.807, 2.05) is 0 Å². The molecule has 0 aromatic heterocycles. The van der Waals surface area contributed by atoms with Gasteiger partial charge in [-0.15, -0.1) is 0 Å². The molecule has 0 aliphatic rings. The van der Waals surface area contributed by atoms with Crippen molar-refractivity contribution in [1.29, 1.82) is 0 Å². The van der Waals surface area contributed by atoms with Crippen LogP contribution in [0.25, 0.3) is 0 Å². The molecule has 1 unspecified atom stereocenters. The van der Waals surface area contributed by atoms with E-state index in [1.54, 1.807) is 25.2 Å². The van der Waals surface area contributed by atoms with Crippen molar-refractivity contribution < 1.29 is 13.2 Å². The lowest BCUT2D eigenvalue weighted by molar-refractivity contribution is 0.441. The van der Waals surface area contributed by atoms with Gasteiger partial charge in [-0.25, -0.2) is 13.2 Å². The molecule has 6 heteroatoms. The summed E-state index contributed by atoms with van der Waals surface area (Å²) in [6.07, 6.45) is 0.362. The Hall–Kier alpha value is -1.23. The molecule has 1 N–H and O–H groups in total. The first kappa shape index (κ1) is 16.1. The molecule has 0 aliphatic heterocycles. The van der Waals surface area contributed by atoms with Crippen LogP contribution in [0.3, 0.4) is 0 Å². The molecule has 0 amide bonds. The number of halogens is 5. The maximum Gasteiger partial charge on any atom is 0.194 e. The van der Waals surface area contributed by atoms with Crippen molar-refractivity contribution >= 4 is 23.2 Å². The molecule has 0 saturated carbocycles. The molecule has 0 saturated heterocycles. The second-order valence-electron chi connectivity index (χ2n) is 4.58. The van der Waals surface area contributed by atoms with Crippen molar-refractivity contribution in [2.75, 3.05) is 7.05 Å². The molecule has 0 bridgehead atoms. The van der Waals surface area contributed by atoms with E-state index in [9.17, 15) is 13.2 Å². The van der Waals surface area contributed by atoms with Gasteiger partial charge in [0, 0.05) is 16.1 Å². The highest BCUT2D eigenvalue weighted by molar-refractivity contribution is 6.33. The standard InChI is InChI=1S/C15H12Cl2F3N/c1-21-14(7-8-4-10(16)2-3-11(8)17)9-5-12(18)15(20)13(19)6-9/h2-6,14,21H,7H2,1H3. The van der Waals surface area contributed by atoms with E-state index >= 15 is 0 Å². The SMILES string of the molecule is CNC(Cc1cc(Cl)ccc1Cl)c1cc(F)c(F)c(F)c1. The molecular formula is C15H12Cl2F3N. The summed E-state index contributed by atoms with van der Waals surface area (Å²) >= 11 is 12.0. The summed E-state index contributed by atoms with van der Waals surface area (Å²) in [4.78, 5) is 0. The van der Waals surface area contributed by atoms with Crippen molar-refractivity contribution in [2.45, 2.75) is 12.5 Å². The molecule has 0 aliphatic carbocycles. The van der Waals surface area contributed by atoms with E-state index in [2.05, 4.69) is 5.32 Å². The monoisotopic (exact) mass is 333 g/mol. The Kier molecular flexibility index (Phi) is 5.14. The molecule has 2 aromatic rings. The lowest BCUT2D eigenvalue weighted by Gasteiger charge is -2.18. The third-order valence-corrected chi connectivity index (χ3v) is 3.79. The summed E-state index contributed by atoms with van der Waals surface area (Å²) in [5.74, 6) is -3.92. The van der Waals surface area contributed by atoms with Gasteiger partial charge in [-0.2, -0.15) is 0 Å². The van der Waals surface area contributed by atoms with Gasteiger partial charge in [0.15, 0.2) is 17.5 Å². The van der Waals surface area contributed by atoms with E-state index in [-0.39, 0.29) is 0 Å². The molecule has 21 heavy (non-hydrogen) atoms. The molecular weight excluding hydrogens is 322 g/mol. The van der Waals surface area contributed by atoms with E-state index < -0.39 is 23.5 Å². The minimum absolute atomic E-state index is 0.296. The Morgan fingerprint density at radius 2 is 1.67 bits per heavy atom. The van der Waals surface area contributed by atoms with Crippen LogP contribution in [0.1, 0.15) is 17.2 Å². The lowest BCUT2D eigenvalue weighted by Crippen LogP contribution is -2.19. The molecule has 112 valence electrons. The van der Waals surface area contributed by atoms with Crippen LogP contribution in [0.5, 0.6) is 0 Å². The number of rotatable bonds is 4. The third-order valence-electron chi connectivity index (χ3n) is 3.19. The van der Waals surface area contributed by atoms with Crippen LogP contribution in [-0.2, 0) is 6.42 Å². The highest BCUT2D eigenvalue weighted by atomic mass is 35.5. The molecule has 0 heterocycles. The van der Waals surface area contributed by atoms with Crippen LogP contribution in [0, 0.1) is 17.5 Å². The fourth-order valence-electron chi connectivity index (χ4n) is 2.08. The molecule has 2 aromatic carbocycles. The predicted octanol–water partition coefficient (Wildman–Crippen LogP) is 4.91. The van der Waals surface area contributed by atoms with Crippen LogP contribution >= 0.6 is 23.2 Å². The molecule has 0 radical (unpaired) electrons. The Bertz CT molecular complexity index is 638. The van der Waals surface area contributed by atoms with Crippen LogP contribution in [0.15, 0.2) is 30.3 Å². The van der Waals surface area contributed by atoms with Crippen molar-refractivity contribution in [3.63, 3.8) is 0 Å². The summed E-state index contributed by atoms with van der Waals surface area (Å²) in [6, 6.07) is 6.50. The minimum atomic E-state index is -1.48. The molecule has 1 atom stereocenters. The molecule has 2 rings (SSSR count). The zero-order valence-corrected chi connectivity index (χ0v) is 12.6. The van der Waals surface area contributed by atoms with Gasteiger partial charge in [0.25, 0.3) is 0 Å². The Morgan fingerprint density at radius 3 is 2.24 bits per heavy atom. The summed E-state index contributed by atoms with van der Waals surface area (Å²) in [5, 5.41) is 3.95. The predicted molar refractivity (Wildman–Crippen MR) is 78.3 cm³/mol. The number of hydrogen-bond acceptors (Lipinski definition) is 1. The first-order valence-electron chi connectivity index (χ1n) is 6.18. The van der Waals surface area contributed by atoms with E-state index in [4.69, 9.17) is 23.2 Å². The van der Waals surface area contributed by atoms with Gasteiger partial charge in [0.05, 0.1) is 0 Å². The smallest absolute Gasteiger partial charge is 0.194 e. The first-order chi connectivity index (χ1) is 9.92. The Labute approximate surface area is 130 Å². The maximum absolute atomic E-state index is 13.3. The van der Waals surface area contributed by atoms with E-state index in [0.29, 0.717) is 22.0 Å². The van der Waals surface area contributed by atoms with Gasteiger partial charge in [-0.1, -0.05) is 23.2 Å². The van der Waals surface area contributed by atoms with E-state index in [0.717, 1.165) is 17.7 Å². The van der Waals surface area contributed by atoms with E-state index in [1.165, 1.54) is 0 Å². The summed E-state index contributed by atoms with van der Waals surface area (Å²) < 4.78 is 39.7. The van der Waals surface area contributed by atoms with Crippen molar-refractivity contribution in [3.8, 4) is 0 Å². The summed E-state index contributed by atoms with van der Waals surface area (Å²) in [7, 11) is 1.64.